The summed E-state index contributed by atoms with van der Waals surface area (Å²) in [5.41, 5.74) is 3.55. The number of benzene rings is 3. The number of imidazole rings is 1. The highest BCUT2D eigenvalue weighted by atomic mass is 32.2. The summed E-state index contributed by atoms with van der Waals surface area (Å²) in [4.78, 5) is 18.9. The van der Waals surface area contributed by atoms with Crippen molar-refractivity contribution in [1.82, 2.24) is 13.9 Å². The molecule has 0 unspecified atom stereocenters. The molecule has 0 aliphatic carbocycles. The first-order chi connectivity index (χ1) is 16.4. The fourth-order valence-electron chi connectivity index (χ4n) is 4.38. The Morgan fingerprint density at radius 2 is 1.59 bits per heavy atom. The van der Waals surface area contributed by atoms with Crippen LogP contribution in [0.4, 0.5) is 5.95 Å². The van der Waals surface area contributed by atoms with Crippen LogP contribution in [0.3, 0.4) is 0 Å². The lowest BCUT2D eigenvalue weighted by Crippen LogP contribution is -2.49. The van der Waals surface area contributed by atoms with E-state index >= 15 is 0 Å². The first kappa shape index (κ1) is 22.3. The van der Waals surface area contributed by atoms with Crippen molar-refractivity contribution in [1.29, 1.82) is 0 Å². The van der Waals surface area contributed by atoms with E-state index in [2.05, 4.69) is 27.7 Å². The number of hydrogen-bond donors (Lipinski definition) is 0. The number of Topliss-reactive ketones (excluding diaryl/α,β-unsaturated/α-hetero) is 1. The molecule has 1 saturated heterocycles. The molecule has 1 aromatic heterocycles. The van der Waals surface area contributed by atoms with Crippen LogP contribution in [0.1, 0.15) is 22.8 Å². The van der Waals surface area contributed by atoms with E-state index in [1.807, 2.05) is 36.4 Å². The molecule has 4 aromatic rings. The van der Waals surface area contributed by atoms with E-state index in [0.717, 1.165) is 17.0 Å². The Bertz CT molecular complexity index is 1440. The van der Waals surface area contributed by atoms with Gasteiger partial charge in [0.2, 0.25) is 16.0 Å². The number of hydrogen-bond acceptors (Lipinski definition) is 5. The number of ketones is 1. The third-order valence-corrected chi connectivity index (χ3v) is 8.11. The highest BCUT2D eigenvalue weighted by Crippen LogP contribution is 2.26. The van der Waals surface area contributed by atoms with Crippen LogP contribution in [-0.2, 0) is 16.6 Å². The van der Waals surface area contributed by atoms with Crippen LogP contribution >= 0.6 is 0 Å². The summed E-state index contributed by atoms with van der Waals surface area (Å²) in [6, 6.07) is 24.6. The standard InChI is InChI=1S/C26H26N4O3S/c1-20(31)22-10-7-11-23(18-22)34(32,33)29-16-14-28(15-17-29)26-27-24-12-5-6-13-25(24)30(26)19-21-8-3-2-4-9-21/h2-13,18H,14-17,19H2,1H3. The van der Waals surface area contributed by atoms with Gasteiger partial charge in [0.15, 0.2) is 5.78 Å². The fourth-order valence-corrected chi connectivity index (χ4v) is 5.85. The van der Waals surface area contributed by atoms with Crippen LogP contribution in [0, 0.1) is 0 Å². The van der Waals surface area contributed by atoms with Gasteiger partial charge in [0.05, 0.1) is 22.5 Å². The fraction of sp³-hybridized carbons (Fsp3) is 0.231. The maximum Gasteiger partial charge on any atom is 0.243 e. The average molecular weight is 475 g/mol. The van der Waals surface area contributed by atoms with Crippen LogP contribution < -0.4 is 4.90 Å². The molecule has 0 N–H and O–H groups in total. The van der Waals surface area contributed by atoms with E-state index in [1.54, 1.807) is 18.2 Å². The molecule has 8 heteroatoms. The van der Waals surface area contributed by atoms with Crippen LogP contribution in [0.25, 0.3) is 11.0 Å². The molecule has 0 saturated carbocycles. The van der Waals surface area contributed by atoms with Gasteiger partial charge in [-0.25, -0.2) is 13.4 Å². The second-order valence-electron chi connectivity index (χ2n) is 8.45. The number of carbonyl (C=O) groups is 1. The molecule has 3 aromatic carbocycles. The molecule has 7 nitrogen and oxygen atoms in total. The molecule has 174 valence electrons. The molecule has 0 spiro atoms. The summed E-state index contributed by atoms with van der Waals surface area (Å²) in [5, 5.41) is 0. The molecular weight excluding hydrogens is 448 g/mol. The van der Waals surface area contributed by atoms with Gasteiger partial charge in [-0.05, 0) is 36.8 Å². The van der Waals surface area contributed by atoms with Crippen molar-refractivity contribution in [2.75, 3.05) is 31.1 Å². The molecule has 1 fully saturated rings. The summed E-state index contributed by atoms with van der Waals surface area (Å²) < 4.78 is 30.2. The van der Waals surface area contributed by atoms with E-state index in [1.165, 1.54) is 22.9 Å². The molecule has 0 radical (unpaired) electrons. The second-order valence-corrected chi connectivity index (χ2v) is 10.4. The number of anilines is 1. The Morgan fingerprint density at radius 3 is 2.32 bits per heavy atom. The topological polar surface area (TPSA) is 75.5 Å². The Balaban J connectivity index is 1.40. The maximum atomic E-state index is 13.2. The molecule has 2 heterocycles. The van der Waals surface area contributed by atoms with Crippen molar-refractivity contribution in [3.63, 3.8) is 0 Å². The van der Waals surface area contributed by atoms with Crippen molar-refractivity contribution >= 4 is 32.8 Å². The van der Waals surface area contributed by atoms with Gasteiger partial charge in [-0.2, -0.15) is 4.31 Å². The Morgan fingerprint density at radius 1 is 0.882 bits per heavy atom. The van der Waals surface area contributed by atoms with Crippen molar-refractivity contribution < 1.29 is 13.2 Å². The smallest absolute Gasteiger partial charge is 0.243 e. The molecular formula is C26H26N4O3S. The summed E-state index contributed by atoms with van der Waals surface area (Å²) in [6.07, 6.45) is 0. The third kappa shape index (κ3) is 4.22. The van der Waals surface area contributed by atoms with Crippen molar-refractivity contribution in [2.45, 2.75) is 18.4 Å². The van der Waals surface area contributed by atoms with E-state index in [0.29, 0.717) is 38.3 Å². The number of para-hydroxylation sites is 2. The number of nitrogens with zero attached hydrogens (tertiary/aromatic N) is 4. The highest BCUT2D eigenvalue weighted by molar-refractivity contribution is 7.89. The predicted molar refractivity (Wildman–Crippen MR) is 133 cm³/mol. The largest absolute Gasteiger partial charge is 0.340 e. The van der Waals surface area contributed by atoms with E-state index < -0.39 is 10.0 Å². The van der Waals surface area contributed by atoms with Gasteiger partial charge >= 0.3 is 0 Å². The van der Waals surface area contributed by atoms with Crippen molar-refractivity contribution in [2.24, 2.45) is 0 Å². The number of fused-ring (bicyclic) bond motifs is 1. The highest BCUT2D eigenvalue weighted by Gasteiger charge is 2.30. The SMILES string of the molecule is CC(=O)c1cccc(S(=O)(=O)N2CCN(c3nc4ccccc4n3Cc3ccccc3)CC2)c1. The first-order valence-corrected chi connectivity index (χ1v) is 12.7. The molecule has 0 bridgehead atoms. The second kappa shape index (κ2) is 9.04. The lowest BCUT2D eigenvalue weighted by atomic mass is 10.2. The lowest BCUT2D eigenvalue weighted by molar-refractivity contribution is 0.101. The van der Waals surface area contributed by atoms with Gasteiger partial charge in [0, 0.05) is 31.7 Å². The van der Waals surface area contributed by atoms with Crippen LogP contribution in [-0.4, -0.2) is 54.2 Å². The van der Waals surface area contributed by atoms with Crippen molar-refractivity contribution in [3.05, 3.63) is 90.0 Å². The van der Waals surface area contributed by atoms with Crippen LogP contribution in [0.5, 0.6) is 0 Å². The molecule has 0 atom stereocenters. The van der Waals surface area contributed by atoms with Crippen molar-refractivity contribution in [3.8, 4) is 0 Å². The molecule has 0 amide bonds. The summed E-state index contributed by atoms with van der Waals surface area (Å²) in [7, 11) is -3.68. The summed E-state index contributed by atoms with van der Waals surface area (Å²) in [6.45, 7) is 3.88. The molecule has 34 heavy (non-hydrogen) atoms. The first-order valence-electron chi connectivity index (χ1n) is 11.3. The average Bonchev–Trinajstić information content (AvgIpc) is 3.23. The minimum absolute atomic E-state index is 0.154. The minimum atomic E-state index is -3.68. The number of sulfonamides is 1. The van der Waals surface area contributed by atoms with Gasteiger partial charge in [0.1, 0.15) is 0 Å². The van der Waals surface area contributed by atoms with Crippen LogP contribution in [0.2, 0.25) is 0 Å². The zero-order valence-electron chi connectivity index (χ0n) is 19.0. The quantitative estimate of drug-likeness (QED) is 0.398. The number of aromatic nitrogens is 2. The monoisotopic (exact) mass is 474 g/mol. The molecule has 5 rings (SSSR count). The van der Waals surface area contributed by atoms with Crippen LogP contribution in [0.15, 0.2) is 83.8 Å². The summed E-state index contributed by atoms with van der Waals surface area (Å²) in [5.74, 6) is 0.694. The van der Waals surface area contributed by atoms with Gasteiger partial charge in [-0.15, -0.1) is 0 Å². The van der Waals surface area contributed by atoms with Gasteiger partial charge < -0.3 is 9.47 Å². The zero-order chi connectivity index (χ0) is 23.7. The molecule has 1 aliphatic rings. The van der Waals surface area contributed by atoms with E-state index in [4.69, 9.17) is 4.98 Å². The lowest BCUT2D eigenvalue weighted by Gasteiger charge is -2.34. The predicted octanol–water partition coefficient (Wildman–Crippen LogP) is 3.80. The van der Waals surface area contributed by atoms with Gasteiger partial charge in [-0.3, -0.25) is 4.79 Å². The maximum absolute atomic E-state index is 13.2. The van der Waals surface area contributed by atoms with Gasteiger partial charge in [-0.1, -0.05) is 54.6 Å². The van der Waals surface area contributed by atoms with E-state index in [9.17, 15) is 13.2 Å². The zero-order valence-corrected chi connectivity index (χ0v) is 19.8. The van der Waals surface area contributed by atoms with E-state index in [-0.39, 0.29) is 10.7 Å². The Labute approximate surface area is 199 Å². The third-order valence-electron chi connectivity index (χ3n) is 6.22. The normalized spacial score (nSPS) is 15.0. The van der Waals surface area contributed by atoms with Gasteiger partial charge in [0.25, 0.3) is 0 Å². The number of carbonyl (C=O) groups excluding carboxylic acids is 1. The summed E-state index contributed by atoms with van der Waals surface area (Å²) >= 11 is 0. The number of piperazine rings is 1. The Hall–Kier alpha value is -3.49. The minimum Gasteiger partial charge on any atom is -0.340 e. The Kier molecular flexibility index (Phi) is 5.93. The number of rotatable bonds is 6. The molecule has 1 aliphatic heterocycles.